The van der Waals surface area contributed by atoms with Crippen LogP contribution in [-0.4, -0.2) is 41.1 Å². The number of H-pyrrole nitrogens is 1. The lowest BCUT2D eigenvalue weighted by atomic mass is 10.1. The van der Waals surface area contributed by atoms with Crippen LogP contribution in [0.3, 0.4) is 0 Å². The summed E-state index contributed by atoms with van der Waals surface area (Å²) < 4.78 is 15.3. The van der Waals surface area contributed by atoms with Crippen molar-refractivity contribution in [2.45, 2.75) is 27.2 Å². The number of nitrogens with zero attached hydrogens (tertiary/aromatic N) is 1. The second-order valence-corrected chi connectivity index (χ2v) is 6.23. The van der Waals surface area contributed by atoms with E-state index in [0.717, 1.165) is 0 Å². The number of ether oxygens (including phenoxy) is 2. The number of rotatable bonds is 7. The van der Waals surface area contributed by atoms with E-state index in [4.69, 9.17) is 14.0 Å². The molecule has 1 N–H and O–H groups in total. The standard InChI is InChI=1S/C20H20N2O6/c1-4-26-20(25)19-12(3)21-11(2)18(19)15(23)10-27-17(24)9-14-13-7-5-6-8-16(13)28-22-14/h5-8,21H,4,9-10H2,1-3H3. The van der Waals surface area contributed by atoms with Crippen LogP contribution < -0.4 is 0 Å². The van der Waals surface area contributed by atoms with Gasteiger partial charge in [-0.1, -0.05) is 17.3 Å². The highest BCUT2D eigenvalue weighted by atomic mass is 16.5. The van der Waals surface area contributed by atoms with Crippen LogP contribution in [0.2, 0.25) is 0 Å². The van der Waals surface area contributed by atoms with Gasteiger partial charge in [0.2, 0.25) is 5.78 Å². The molecule has 1 aromatic carbocycles. The molecule has 8 heteroatoms. The van der Waals surface area contributed by atoms with Crippen molar-refractivity contribution in [3.8, 4) is 0 Å². The molecule has 0 saturated heterocycles. The van der Waals surface area contributed by atoms with Crippen LogP contribution in [0.4, 0.5) is 0 Å². The van der Waals surface area contributed by atoms with Gasteiger partial charge in [0.1, 0.15) is 5.69 Å². The lowest BCUT2D eigenvalue weighted by Crippen LogP contribution is -2.19. The minimum absolute atomic E-state index is 0.125. The fraction of sp³-hybridized carbons (Fsp3) is 0.300. The number of ketones is 1. The van der Waals surface area contributed by atoms with Gasteiger partial charge >= 0.3 is 11.9 Å². The van der Waals surface area contributed by atoms with Crippen LogP contribution in [-0.2, 0) is 20.7 Å². The summed E-state index contributed by atoms with van der Waals surface area (Å²) in [5.41, 5.74) is 2.40. The zero-order chi connectivity index (χ0) is 20.3. The molecule has 3 rings (SSSR count). The molecule has 0 bridgehead atoms. The van der Waals surface area contributed by atoms with Crippen LogP contribution in [0.5, 0.6) is 0 Å². The van der Waals surface area contributed by atoms with E-state index in [2.05, 4.69) is 10.1 Å². The van der Waals surface area contributed by atoms with Gasteiger partial charge in [0.15, 0.2) is 12.2 Å². The Balaban J connectivity index is 1.69. The first kappa shape index (κ1) is 19.3. The SMILES string of the molecule is CCOC(=O)c1c(C)[nH]c(C)c1C(=O)COC(=O)Cc1noc2ccccc12. The number of hydrogen-bond acceptors (Lipinski definition) is 7. The molecule has 2 heterocycles. The average molecular weight is 384 g/mol. The Morgan fingerprint density at radius 2 is 1.79 bits per heavy atom. The molecule has 0 amide bonds. The Morgan fingerprint density at radius 1 is 1.07 bits per heavy atom. The summed E-state index contributed by atoms with van der Waals surface area (Å²) in [6, 6.07) is 7.15. The minimum atomic E-state index is -0.616. The van der Waals surface area contributed by atoms with Crippen LogP contribution in [0.25, 0.3) is 11.0 Å². The molecular weight excluding hydrogens is 364 g/mol. The summed E-state index contributed by atoms with van der Waals surface area (Å²) in [4.78, 5) is 39.8. The number of aromatic amines is 1. The number of aromatic nitrogens is 2. The highest BCUT2D eigenvalue weighted by molar-refractivity contribution is 6.09. The zero-order valence-electron chi connectivity index (χ0n) is 15.8. The minimum Gasteiger partial charge on any atom is -0.462 e. The first-order valence-corrected chi connectivity index (χ1v) is 8.80. The summed E-state index contributed by atoms with van der Waals surface area (Å²) in [5.74, 6) is -1.69. The van der Waals surface area contributed by atoms with Crippen molar-refractivity contribution < 1.29 is 28.4 Å². The molecule has 0 spiro atoms. The normalized spacial score (nSPS) is 10.8. The summed E-state index contributed by atoms with van der Waals surface area (Å²) in [7, 11) is 0. The first-order valence-electron chi connectivity index (χ1n) is 8.80. The van der Waals surface area contributed by atoms with Crippen molar-refractivity contribution >= 4 is 28.7 Å². The molecule has 0 fully saturated rings. The smallest absolute Gasteiger partial charge is 0.340 e. The molecule has 2 aromatic heterocycles. The zero-order valence-corrected chi connectivity index (χ0v) is 15.8. The van der Waals surface area contributed by atoms with Crippen molar-refractivity contribution in [2.75, 3.05) is 13.2 Å². The van der Waals surface area contributed by atoms with Gasteiger partial charge < -0.3 is 19.0 Å². The van der Waals surface area contributed by atoms with E-state index in [1.54, 1.807) is 39.0 Å². The highest BCUT2D eigenvalue weighted by Crippen LogP contribution is 2.21. The number of Topliss-reactive ketones (excluding diaryl/α,β-unsaturated/α-hetero) is 1. The number of fused-ring (bicyclic) bond motifs is 1. The third-order valence-corrected chi connectivity index (χ3v) is 4.26. The van der Waals surface area contributed by atoms with Crippen LogP contribution in [0.1, 0.15) is 44.7 Å². The molecule has 0 atom stereocenters. The number of esters is 2. The Kier molecular flexibility index (Phi) is 5.58. The number of aryl methyl sites for hydroxylation is 2. The summed E-state index contributed by atoms with van der Waals surface area (Å²) in [6.45, 7) is 4.74. The lowest BCUT2D eigenvalue weighted by molar-refractivity contribution is -0.141. The Morgan fingerprint density at radius 3 is 2.54 bits per heavy atom. The monoisotopic (exact) mass is 384 g/mol. The summed E-state index contributed by atoms with van der Waals surface area (Å²) in [5, 5.41) is 4.58. The predicted octanol–water partition coefficient (Wildman–Crippen LogP) is 2.92. The molecule has 0 unspecified atom stereocenters. The number of para-hydroxylation sites is 1. The number of carbonyl (C=O) groups is 3. The molecule has 8 nitrogen and oxygen atoms in total. The number of nitrogens with one attached hydrogen (secondary N) is 1. The molecule has 0 radical (unpaired) electrons. The van der Waals surface area contributed by atoms with Crippen LogP contribution >= 0.6 is 0 Å². The van der Waals surface area contributed by atoms with Gasteiger partial charge in [-0.3, -0.25) is 9.59 Å². The maximum absolute atomic E-state index is 12.6. The Hall–Kier alpha value is -3.42. The van der Waals surface area contributed by atoms with Gasteiger partial charge in [-0.25, -0.2) is 4.79 Å². The molecular formula is C20H20N2O6. The predicted molar refractivity (Wildman–Crippen MR) is 99.2 cm³/mol. The van der Waals surface area contributed by atoms with Crippen molar-refractivity contribution in [1.82, 2.24) is 10.1 Å². The first-order chi connectivity index (χ1) is 13.4. The molecule has 0 aliphatic rings. The average Bonchev–Trinajstić information content (AvgIpc) is 3.20. The van der Waals surface area contributed by atoms with Gasteiger partial charge in [-0.15, -0.1) is 0 Å². The molecule has 0 aliphatic carbocycles. The highest BCUT2D eigenvalue weighted by Gasteiger charge is 2.26. The quantitative estimate of drug-likeness (QED) is 0.492. The number of hydrogen-bond donors (Lipinski definition) is 1. The third-order valence-electron chi connectivity index (χ3n) is 4.26. The lowest BCUT2D eigenvalue weighted by Gasteiger charge is -2.07. The fourth-order valence-corrected chi connectivity index (χ4v) is 3.06. The van der Waals surface area contributed by atoms with E-state index >= 15 is 0 Å². The number of carbonyl (C=O) groups excluding carboxylic acids is 3. The maximum atomic E-state index is 12.6. The van der Waals surface area contributed by atoms with Crippen LogP contribution in [0, 0.1) is 13.8 Å². The van der Waals surface area contributed by atoms with Crippen molar-refractivity contribution in [1.29, 1.82) is 0 Å². The molecule has 3 aromatic rings. The second-order valence-electron chi connectivity index (χ2n) is 6.23. The fourth-order valence-electron chi connectivity index (χ4n) is 3.06. The van der Waals surface area contributed by atoms with Gasteiger partial charge in [-0.2, -0.15) is 0 Å². The molecule has 28 heavy (non-hydrogen) atoms. The molecule has 0 saturated carbocycles. The topological polar surface area (TPSA) is 111 Å². The Labute approximate surface area is 160 Å². The molecule has 146 valence electrons. The van der Waals surface area contributed by atoms with Crippen molar-refractivity contribution in [2.24, 2.45) is 0 Å². The van der Waals surface area contributed by atoms with Gasteiger partial charge in [0, 0.05) is 16.8 Å². The van der Waals surface area contributed by atoms with E-state index in [-0.39, 0.29) is 24.2 Å². The Bertz CT molecular complexity index is 1050. The van der Waals surface area contributed by atoms with Crippen molar-refractivity contribution in [3.05, 3.63) is 52.5 Å². The van der Waals surface area contributed by atoms with E-state index in [1.165, 1.54) is 0 Å². The van der Waals surface area contributed by atoms with Crippen LogP contribution in [0.15, 0.2) is 28.8 Å². The summed E-state index contributed by atoms with van der Waals surface area (Å²) in [6.07, 6.45) is -0.125. The van der Waals surface area contributed by atoms with E-state index in [0.29, 0.717) is 28.1 Å². The van der Waals surface area contributed by atoms with Gasteiger partial charge in [-0.05, 0) is 32.9 Å². The summed E-state index contributed by atoms with van der Waals surface area (Å²) >= 11 is 0. The van der Waals surface area contributed by atoms with E-state index in [1.807, 2.05) is 6.07 Å². The second kappa shape index (κ2) is 8.08. The maximum Gasteiger partial charge on any atom is 0.340 e. The largest absolute Gasteiger partial charge is 0.462 e. The van der Waals surface area contributed by atoms with Crippen molar-refractivity contribution in [3.63, 3.8) is 0 Å². The van der Waals surface area contributed by atoms with Gasteiger partial charge in [0.05, 0.1) is 24.2 Å². The molecule has 0 aliphatic heterocycles. The van der Waals surface area contributed by atoms with E-state index < -0.39 is 24.3 Å². The number of benzene rings is 1. The van der Waals surface area contributed by atoms with E-state index in [9.17, 15) is 14.4 Å². The van der Waals surface area contributed by atoms with Gasteiger partial charge in [0.25, 0.3) is 0 Å². The third kappa shape index (κ3) is 3.80.